The van der Waals surface area contributed by atoms with E-state index in [1.807, 2.05) is 29.2 Å². The maximum absolute atomic E-state index is 14.0. The van der Waals surface area contributed by atoms with Crippen LogP contribution in [0.4, 0.5) is 4.39 Å². The van der Waals surface area contributed by atoms with E-state index in [1.54, 1.807) is 31.5 Å². The number of halogens is 1. The molecule has 0 aliphatic carbocycles. The first-order valence-electron chi connectivity index (χ1n) is 8.85. The van der Waals surface area contributed by atoms with Gasteiger partial charge in [0, 0.05) is 36.6 Å². The van der Waals surface area contributed by atoms with E-state index in [-0.39, 0.29) is 17.6 Å². The predicted molar refractivity (Wildman–Crippen MR) is 99.8 cm³/mol. The molecule has 1 atom stereocenters. The van der Waals surface area contributed by atoms with E-state index in [4.69, 9.17) is 4.74 Å². The molecule has 27 heavy (non-hydrogen) atoms. The third-order valence-electron chi connectivity index (χ3n) is 4.91. The first-order chi connectivity index (χ1) is 13.2. The van der Waals surface area contributed by atoms with Crippen LogP contribution in [0.2, 0.25) is 0 Å². The summed E-state index contributed by atoms with van der Waals surface area (Å²) >= 11 is 0. The number of hydrogen-bond donors (Lipinski definition) is 1. The molecule has 0 radical (unpaired) electrons. The summed E-state index contributed by atoms with van der Waals surface area (Å²) in [6.45, 7) is 1.07. The maximum atomic E-state index is 14.0. The van der Waals surface area contributed by atoms with E-state index in [1.165, 1.54) is 6.07 Å². The third kappa shape index (κ3) is 3.43. The summed E-state index contributed by atoms with van der Waals surface area (Å²) in [5.41, 5.74) is 2.07. The summed E-state index contributed by atoms with van der Waals surface area (Å²) in [5.74, 6) is 1.23. The highest BCUT2D eigenvalue weighted by Crippen LogP contribution is 2.31. The van der Waals surface area contributed by atoms with Gasteiger partial charge in [-0.15, -0.1) is 0 Å². The van der Waals surface area contributed by atoms with E-state index in [9.17, 15) is 9.18 Å². The number of imidazole rings is 1. The molecule has 0 bridgehead atoms. The fourth-order valence-electron chi connectivity index (χ4n) is 3.51. The molecule has 2 aromatic carbocycles. The van der Waals surface area contributed by atoms with E-state index in [2.05, 4.69) is 9.97 Å². The van der Waals surface area contributed by atoms with Gasteiger partial charge in [-0.1, -0.05) is 30.3 Å². The zero-order valence-corrected chi connectivity index (χ0v) is 15.0. The number of rotatable bonds is 5. The summed E-state index contributed by atoms with van der Waals surface area (Å²) in [6, 6.07) is 14.3. The second kappa shape index (κ2) is 7.23. The van der Waals surface area contributed by atoms with Crippen LogP contribution in [0.15, 0.2) is 54.7 Å². The predicted octanol–water partition coefficient (Wildman–Crippen LogP) is 3.74. The summed E-state index contributed by atoms with van der Waals surface area (Å²) in [5, 5.41) is 0. The number of nitrogens with zero attached hydrogens (tertiary/aromatic N) is 2. The molecule has 1 amide bonds. The van der Waals surface area contributed by atoms with Crippen LogP contribution in [0.5, 0.6) is 5.75 Å². The van der Waals surface area contributed by atoms with Gasteiger partial charge in [0.25, 0.3) is 0 Å². The Bertz CT molecular complexity index is 969. The zero-order chi connectivity index (χ0) is 18.8. The van der Waals surface area contributed by atoms with E-state index in [0.717, 1.165) is 11.3 Å². The minimum atomic E-state index is -0.298. The molecule has 1 aromatic heterocycles. The smallest absolute Gasteiger partial charge is 0.223 e. The van der Waals surface area contributed by atoms with Gasteiger partial charge < -0.3 is 14.6 Å². The Hall–Kier alpha value is -3.15. The lowest BCUT2D eigenvalue weighted by Gasteiger charge is -2.18. The number of H-pyrrole nitrogens is 1. The first-order valence-corrected chi connectivity index (χ1v) is 8.85. The molecule has 1 aliphatic heterocycles. The molecule has 1 unspecified atom stereocenters. The number of carbonyl (C=O) groups excluding carboxylic acids is 1. The molecule has 1 fully saturated rings. The third-order valence-corrected chi connectivity index (χ3v) is 4.91. The van der Waals surface area contributed by atoms with Crippen molar-refractivity contribution >= 4 is 5.91 Å². The van der Waals surface area contributed by atoms with E-state index >= 15 is 0 Å². The van der Waals surface area contributed by atoms with Crippen molar-refractivity contribution in [3.8, 4) is 17.0 Å². The van der Waals surface area contributed by atoms with Crippen molar-refractivity contribution in [1.29, 1.82) is 0 Å². The summed E-state index contributed by atoms with van der Waals surface area (Å²) in [6.07, 6.45) is 2.01. The van der Waals surface area contributed by atoms with Crippen molar-refractivity contribution in [2.75, 3.05) is 13.7 Å². The van der Waals surface area contributed by atoms with Crippen molar-refractivity contribution in [2.45, 2.75) is 18.9 Å². The highest BCUT2D eigenvalue weighted by atomic mass is 19.1. The molecule has 5 nitrogen and oxygen atoms in total. The van der Waals surface area contributed by atoms with Crippen LogP contribution in [-0.2, 0) is 11.3 Å². The number of para-hydroxylation sites is 1. The lowest BCUT2D eigenvalue weighted by molar-refractivity contribution is -0.128. The SMILES string of the molecule is COc1ccccc1CN1CC(c2ncc(-c3ccccc3F)[nH]2)CC1=O. The Kier molecular flexibility index (Phi) is 4.62. The van der Waals surface area contributed by atoms with Gasteiger partial charge >= 0.3 is 0 Å². The minimum Gasteiger partial charge on any atom is -0.496 e. The highest BCUT2D eigenvalue weighted by Gasteiger charge is 2.32. The van der Waals surface area contributed by atoms with Gasteiger partial charge in [-0.3, -0.25) is 4.79 Å². The topological polar surface area (TPSA) is 58.2 Å². The maximum Gasteiger partial charge on any atom is 0.223 e. The standard InChI is InChI=1S/C21H20FN3O2/c1-27-19-9-5-2-6-14(19)12-25-13-15(10-20(25)26)21-23-11-18(24-21)16-7-3-4-8-17(16)22/h2-9,11,15H,10,12-13H2,1H3,(H,23,24). The number of aromatic nitrogens is 2. The van der Waals surface area contributed by atoms with Crippen LogP contribution < -0.4 is 4.74 Å². The summed E-state index contributed by atoms with van der Waals surface area (Å²) in [4.78, 5) is 21.9. The quantitative estimate of drug-likeness (QED) is 0.749. The van der Waals surface area contributed by atoms with Crippen molar-refractivity contribution in [2.24, 2.45) is 0 Å². The second-order valence-electron chi connectivity index (χ2n) is 6.65. The number of nitrogens with one attached hydrogen (secondary N) is 1. The molecule has 0 saturated carbocycles. The number of ether oxygens (including phenoxy) is 1. The van der Waals surface area contributed by atoms with Gasteiger partial charge in [-0.2, -0.15) is 0 Å². The van der Waals surface area contributed by atoms with Gasteiger partial charge in [0.05, 0.1) is 19.0 Å². The summed E-state index contributed by atoms with van der Waals surface area (Å²) in [7, 11) is 1.63. The van der Waals surface area contributed by atoms with Gasteiger partial charge in [-0.25, -0.2) is 9.37 Å². The molecule has 2 heterocycles. The number of likely N-dealkylation sites (tertiary alicyclic amines) is 1. The number of amides is 1. The van der Waals surface area contributed by atoms with Crippen molar-refractivity contribution < 1.29 is 13.9 Å². The number of carbonyl (C=O) groups is 1. The Morgan fingerprint density at radius 2 is 2.00 bits per heavy atom. The van der Waals surface area contributed by atoms with Gasteiger partial charge in [0.2, 0.25) is 5.91 Å². The molecule has 6 heteroatoms. The molecule has 3 aromatic rings. The summed E-state index contributed by atoms with van der Waals surface area (Å²) < 4.78 is 19.4. The Labute approximate surface area is 156 Å². The Morgan fingerprint density at radius 1 is 1.22 bits per heavy atom. The van der Waals surface area contributed by atoms with Crippen LogP contribution in [0.1, 0.15) is 23.7 Å². The number of aromatic amines is 1. The van der Waals surface area contributed by atoms with Gasteiger partial charge in [0.1, 0.15) is 17.4 Å². The molecular weight excluding hydrogens is 345 g/mol. The fourth-order valence-corrected chi connectivity index (χ4v) is 3.51. The number of methoxy groups -OCH3 is 1. The second-order valence-corrected chi connectivity index (χ2v) is 6.65. The Morgan fingerprint density at radius 3 is 2.81 bits per heavy atom. The largest absolute Gasteiger partial charge is 0.496 e. The molecule has 138 valence electrons. The van der Waals surface area contributed by atoms with Crippen LogP contribution >= 0.6 is 0 Å². The minimum absolute atomic E-state index is 0.0345. The number of hydrogen-bond acceptors (Lipinski definition) is 3. The lowest BCUT2D eigenvalue weighted by atomic mass is 10.1. The molecule has 1 saturated heterocycles. The molecular formula is C21H20FN3O2. The normalized spacial score (nSPS) is 16.7. The monoisotopic (exact) mass is 365 g/mol. The average Bonchev–Trinajstić information content (AvgIpc) is 3.30. The molecule has 1 N–H and O–H groups in total. The average molecular weight is 365 g/mol. The van der Waals surface area contributed by atoms with Gasteiger partial charge in [-0.05, 0) is 18.2 Å². The fraction of sp³-hybridized carbons (Fsp3) is 0.238. The van der Waals surface area contributed by atoms with Crippen LogP contribution in [0, 0.1) is 5.82 Å². The Balaban J connectivity index is 1.51. The highest BCUT2D eigenvalue weighted by molar-refractivity contribution is 5.79. The molecule has 4 rings (SSSR count). The van der Waals surface area contributed by atoms with E-state index < -0.39 is 0 Å². The van der Waals surface area contributed by atoms with Gasteiger partial charge in [0.15, 0.2) is 0 Å². The van der Waals surface area contributed by atoms with Crippen LogP contribution in [0.3, 0.4) is 0 Å². The van der Waals surface area contributed by atoms with Crippen LogP contribution in [-0.4, -0.2) is 34.4 Å². The number of benzene rings is 2. The van der Waals surface area contributed by atoms with Crippen molar-refractivity contribution in [1.82, 2.24) is 14.9 Å². The molecule has 1 aliphatic rings. The lowest BCUT2D eigenvalue weighted by Crippen LogP contribution is -2.24. The van der Waals surface area contributed by atoms with E-state index in [0.29, 0.717) is 36.6 Å². The van der Waals surface area contributed by atoms with Crippen molar-refractivity contribution in [3.63, 3.8) is 0 Å². The van der Waals surface area contributed by atoms with Crippen LogP contribution in [0.25, 0.3) is 11.3 Å². The zero-order valence-electron chi connectivity index (χ0n) is 15.0. The molecule has 0 spiro atoms. The van der Waals surface area contributed by atoms with Crippen molar-refractivity contribution in [3.05, 3.63) is 71.9 Å². The first kappa shape index (κ1) is 17.3.